The SMILES string of the molecule is COc1nc(Br)cc2c(-c3cc(CS(C)(=O)=O)ccc3Oc3ccc(F)cc3F)cn(C)c12. The van der Waals surface area contributed by atoms with E-state index in [0.29, 0.717) is 32.7 Å². The lowest BCUT2D eigenvalue weighted by atomic mass is 10.0. The minimum atomic E-state index is -3.30. The molecule has 0 N–H and O–H groups in total. The predicted molar refractivity (Wildman–Crippen MR) is 125 cm³/mol. The van der Waals surface area contributed by atoms with E-state index in [0.717, 1.165) is 23.8 Å². The maximum absolute atomic E-state index is 14.3. The highest BCUT2D eigenvalue weighted by atomic mass is 79.9. The van der Waals surface area contributed by atoms with Gasteiger partial charge in [0.15, 0.2) is 21.4 Å². The van der Waals surface area contributed by atoms with Gasteiger partial charge in [-0.1, -0.05) is 6.07 Å². The van der Waals surface area contributed by atoms with Crippen LogP contribution < -0.4 is 9.47 Å². The summed E-state index contributed by atoms with van der Waals surface area (Å²) in [6.45, 7) is 0. The van der Waals surface area contributed by atoms with Crippen LogP contribution in [-0.2, 0) is 22.6 Å². The highest BCUT2D eigenvalue weighted by Crippen LogP contribution is 2.42. The first-order chi connectivity index (χ1) is 15.6. The fourth-order valence-corrected chi connectivity index (χ4v) is 4.84. The Bertz CT molecular complexity index is 1490. The molecule has 33 heavy (non-hydrogen) atoms. The highest BCUT2D eigenvalue weighted by Gasteiger charge is 2.20. The van der Waals surface area contributed by atoms with Gasteiger partial charge in [-0.25, -0.2) is 22.2 Å². The molecule has 0 saturated carbocycles. The van der Waals surface area contributed by atoms with Crippen LogP contribution in [0.2, 0.25) is 0 Å². The molecule has 2 aromatic carbocycles. The van der Waals surface area contributed by atoms with Crippen molar-refractivity contribution < 1.29 is 26.7 Å². The zero-order valence-corrected chi connectivity index (χ0v) is 20.3. The molecule has 0 amide bonds. The van der Waals surface area contributed by atoms with E-state index in [9.17, 15) is 17.2 Å². The number of aromatic nitrogens is 2. The monoisotopic (exact) mass is 536 g/mol. The topological polar surface area (TPSA) is 70.4 Å². The van der Waals surface area contributed by atoms with Gasteiger partial charge in [0.25, 0.3) is 0 Å². The Morgan fingerprint density at radius 1 is 1.06 bits per heavy atom. The Morgan fingerprint density at radius 2 is 1.79 bits per heavy atom. The standard InChI is InChI=1S/C23H19BrF2N2O4S/c1-28-11-17(16-10-21(24)27-23(31-2)22(16)28)15-8-13(12-33(3,29)30)4-6-19(15)32-20-7-5-14(25)9-18(20)26/h4-11H,12H2,1-3H3. The maximum atomic E-state index is 14.3. The Kier molecular flexibility index (Phi) is 6.15. The molecule has 0 aliphatic rings. The molecule has 0 saturated heterocycles. The summed E-state index contributed by atoms with van der Waals surface area (Å²) < 4.78 is 65.1. The first-order valence-corrected chi connectivity index (χ1v) is 12.5. The van der Waals surface area contributed by atoms with Crippen LogP contribution in [0.15, 0.2) is 53.3 Å². The quantitative estimate of drug-likeness (QED) is 0.299. The fraction of sp³-hybridized carbons (Fsp3) is 0.174. The van der Waals surface area contributed by atoms with Crippen LogP contribution in [0.4, 0.5) is 8.78 Å². The molecule has 4 rings (SSSR count). The number of rotatable bonds is 6. The molecule has 0 aliphatic carbocycles. The van der Waals surface area contributed by atoms with Crippen LogP contribution in [-0.4, -0.2) is 31.3 Å². The smallest absolute Gasteiger partial charge is 0.239 e. The third-order valence-electron chi connectivity index (χ3n) is 4.97. The zero-order chi connectivity index (χ0) is 23.9. The normalized spacial score (nSPS) is 11.7. The molecule has 2 heterocycles. The number of hydrogen-bond acceptors (Lipinski definition) is 5. The van der Waals surface area contributed by atoms with Crippen LogP contribution >= 0.6 is 15.9 Å². The van der Waals surface area contributed by atoms with Crippen molar-refractivity contribution in [1.29, 1.82) is 0 Å². The van der Waals surface area contributed by atoms with E-state index in [-0.39, 0.29) is 17.3 Å². The Morgan fingerprint density at radius 3 is 2.45 bits per heavy atom. The number of halogens is 3. The van der Waals surface area contributed by atoms with Gasteiger partial charge in [-0.3, -0.25) is 0 Å². The van der Waals surface area contributed by atoms with Crippen molar-refractivity contribution in [1.82, 2.24) is 9.55 Å². The minimum Gasteiger partial charge on any atom is -0.479 e. The van der Waals surface area contributed by atoms with E-state index in [2.05, 4.69) is 20.9 Å². The number of pyridine rings is 1. The molecule has 0 atom stereocenters. The maximum Gasteiger partial charge on any atom is 0.239 e. The van der Waals surface area contributed by atoms with Gasteiger partial charge in [-0.15, -0.1) is 0 Å². The summed E-state index contributed by atoms with van der Waals surface area (Å²) in [5, 5.41) is 0.761. The molecule has 10 heteroatoms. The molecule has 6 nitrogen and oxygen atoms in total. The van der Waals surface area contributed by atoms with Gasteiger partial charge in [0, 0.05) is 42.1 Å². The third kappa shape index (κ3) is 4.86. The van der Waals surface area contributed by atoms with Crippen molar-refractivity contribution in [2.45, 2.75) is 5.75 Å². The Labute approximate surface area is 197 Å². The van der Waals surface area contributed by atoms with E-state index >= 15 is 0 Å². The van der Waals surface area contributed by atoms with Crippen LogP contribution in [0.5, 0.6) is 17.4 Å². The number of methoxy groups -OCH3 is 1. The van der Waals surface area contributed by atoms with Gasteiger partial charge in [0.2, 0.25) is 5.88 Å². The van der Waals surface area contributed by atoms with Crippen molar-refractivity contribution >= 4 is 36.7 Å². The number of sulfone groups is 1. The summed E-state index contributed by atoms with van der Waals surface area (Å²) in [5.41, 5.74) is 2.48. The lowest BCUT2D eigenvalue weighted by Gasteiger charge is -2.14. The predicted octanol–water partition coefficient (Wildman–Crippen LogP) is 5.63. The molecule has 0 radical (unpaired) electrons. The summed E-state index contributed by atoms with van der Waals surface area (Å²) in [4.78, 5) is 4.34. The number of aryl methyl sites for hydroxylation is 1. The summed E-state index contributed by atoms with van der Waals surface area (Å²) in [6, 6.07) is 9.70. The van der Waals surface area contributed by atoms with Crippen molar-refractivity contribution in [3.8, 4) is 28.5 Å². The second-order valence-corrected chi connectivity index (χ2v) is 10.5. The number of nitrogens with zero attached hydrogens (tertiary/aromatic N) is 2. The molecule has 172 valence electrons. The number of benzene rings is 2. The third-order valence-corrected chi connectivity index (χ3v) is 6.23. The Hall–Kier alpha value is -2.98. The molecule has 4 aromatic rings. The van der Waals surface area contributed by atoms with E-state index in [1.807, 2.05) is 17.8 Å². The van der Waals surface area contributed by atoms with Crippen LogP contribution in [0, 0.1) is 11.6 Å². The van der Waals surface area contributed by atoms with Gasteiger partial charge in [0.05, 0.1) is 12.9 Å². The van der Waals surface area contributed by atoms with Crippen molar-refractivity contribution in [3.05, 3.63) is 70.5 Å². The molecule has 0 bridgehead atoms. The largest absolute Gasteiger partial charge is 0.479 e. The lowest BCUT2D eigenvalue weighted by molar-refractivity contribution is 0.400. The highest BCUT2D eigenvalue weighted by molar-refractivity contribution is 9.10. The molecular weight excluding hydrogens is 518 g/mol. The van der Waals surface area contributed by atoms with E-state index in [4.69, 9.17) is 9.47 Å². The molecule has 0 unspecified atom stereocenters. The number of ether oxygens (including phenoxy) is 2. The first kappa shape index (κ1) is 23.2. The number of fused-ring (bicyclic) bond motifs is 1. The van der Waals surface area contributed by atoms with Gasteiger partial charge in [0.1, 0.15) is 21.7 Å². The fourth-order valence-electron chi connectivity index (χ4n) is 3.66. The molecule has 0 aliphatic heterocycles. The van der Waals surface area contributed by atoms with Gasteiger partial charge < -0.3 is 14.0 Å². The van der Waals surface area contributed by atoms with Crippen molar-refractivity contribution in [2.75, 3.05) is 13.4 Å². The van der Waals surface area contributed by atoms with Crippen molar-refractivity contribution in [2.24, 2.45) is 7.05 Å². The van der Waals surface area contributed by atoms with E-state index in [1.54, 1.807) is 24.3 Å². The molecule has 2 aromatic heterocycles. The van der Waals surface area contributed by atoms with Gasteiger partial charge in [-0.2, -0.15) is 0 Å². The molecular formula is C23H19BrF2N2O4S. The summed E-state index contributed by atoms with van der Waals surface area (Å²) >= 11 is 3.39. The summed E-state index contributed by atoms with van der Waals surface area (Å²) in [6.07, 6.45) is 2.98. The average molecular weight is 537 g/mol. The minimum absolute atomic E-state index is 0.158. The lowest BCUT2D eigenvalue weighted by Crippen LogP contribution is -2.01. The first-order valence-electron chi connectivity index (χ1n) is 9.69. The van der Waals surface area contributed by atoms with Crippen molar-refractivity contribution in [3.63, 3.8) is 0 Å². The number of hydrogen-bond donors (Lipinski definition) is 0. The second kappa shape index (κ2) is 8.75. The van der Waals surface area contributed by atoms with Crippen LogP contribution in [0.3, 0.4) is 0 Å². The summed E-state index contributed by atoms with van der Waals surface area (Å²) in [5.74, 6) is -1.24. The Balaban J connectivity index is 1.95. The average Bonchev–Trinajstić information content (AvgIpc) is 3.05. The van der Waals surface area contributed by atoms with E-state index in [1.165, 1.54) is 13.2 Å². The van der Waals surface area contributed by atoms with Gasteiger partial charge >= 0.3 is 0 Å². The van der Waals surface area contributed by atoms with Gasteiger partial charge in [-0.05, 0) is 51.8 Å². The second-order valence-electron chi connectivity index (χ2n) is 7.58. The van der Waals surface area contributed by atoms with Crippen LogP contribution in [0.1, 0.15) is 5.56 Å². The van der Waals surface area contributed by atoms with E-state index < -0.39 is 21.5 Å². The molecule has 0 fully saturated rings. The summed E-state index contributed by atoms with van der Waals surface area (Å²) in [7, 11) is 0.0380. The molecule has 0 spiro atoms. The zero-order valence-electron chi connectivity index (χ0n) is 17.9. The van der Waals surface area contributed by atoms with Crippen LogP contribution in [0.25, 0.3) is 22.0 Å².